The molecule has 0 radical (unpaired) electrons. The van der Waals surface area contributed by atoms with Gasteiger partial charge >= 0.3 is 5.97 Å². The molecule has 0 bridgehead atoms. The predicted molar refractivity (Wildman–Crippen MR) is 90.1 cm³/mol. The molecule has 0 spiro atoms. The number of carboxylic acid groups (broad SMARTS) is 1. The Kier molecular flexibility index (Phi) is 6.09. The van der Waals surface area contributed by atoms with E-state index >= 15 is 0 Å². The van der Waals surface area contributed by atoms with Crippen LogP contribution in [-0.2, 0) is 9.53 Å². The van der Waals surface area contributed by atoms with Crippen molar-refractivity contribution in [1.82, 2.24) is 0 Å². The molecule has 4 nitrogen and oxygen atoms in total. The third-order valence-electron chi connectivity index (χ3n) is 3.54. The van der Waals surface area contributed by atoms with Gasteiger partial charge in [-0.05, 0) is 35.3 Å². The molecule has 0 saturated carbocycles. The molecule has 0 amide bonds. The van der Waals surface area contributed by atoms with E-state index in [1.165, 1.54) is 25.3 Å². The first-order chi connectivity index (χ1) is 11.6. The van der Waals surface area contributed by atoms with Crippen LogP contribution in [0.5, 0.6) is 5.75 Å². The highest BCUT2D eigenvalue weighted by Crippen LogP contribution is 2.31. The van der Waals surface area contributed by atoms with Gasteiger partial charge in [0.15, 0.2) is 18.4 Å². The summed E-state index contributed by atoms with van der Waals surface area (Å²) in [6.45, 7) is 1.79. The van der Waals surface area contributed by atoms with Gasteiger partial charge < -0.3 is 14.6 Å². The maximum absolute atomic E-state index is 14.2. The molecule has 0 aliphatic rings. The Bertz CT molecular complexity index is 738. The zero-order chi connectivity index (χ0) is 17.5. The Morgan fingerprint density at radius 3 is 2.38 bits per heavy atom. The number of carbonyl (C=O) groups is 1. The Hall–Kier alpha value is -2.66. The van der Waals surface area contributed by atoms with Crippen LogP contribution in [0.15, 0.2) is 48.5 Å². The minimum atomic E-state index is -1.10. The fourth-order valence-electron chi connectivity index (χ4n) is 2.49. The van der Waals surface area contributed by atoms with Gasteiger partial charge in [0.05, 0.1) is 5.57 Å². The fraction of sp³-hybridized carbons (Fsp3) is 0.211. The van der Waals surface area contributed by atoms with Crippen molar-refractivity contribution in [3.05, 3.63) is 65.5 Å². The van der Waals surface area contributed by atoms with Gasteiger partial charge in [-0.25, -0.2) is 9.18 Å². The van der Waals surface area contributed by atoms with Crippen molar-refractivity contribution in [3.63, 3.8) is 0 Å². The minimum Gasteiger partial charge on any atom is -0.478 e. The van der Waals surface area contributed by atoms with E-state index in [4.69, 9.17) is 9.47 Å². The summed E-state index contributed by atoms with van der Waals surface area (Å²) in [5.74, 6) is -1.71. The minimum absolute atomic E-state index is 0.0168. The number of carboxylic acids is 1. The number of halogens is 1. The molecule has 126 valence electrons. The van der Waals surface area contributed by atoms with Gasteiger partial charge in [0.2, 0.25) is 0 Å². The van der Waals surface area contributed by atoms with Crippen LogP contribution in [0, 0.1) is 5.82 Å². The van der Waals surface area contributed by atoms with Gasteiger partial charge in [0.25, 0.3) is 0 Å². The van der Waals surface area contributed by atoms with Gasteiger partial charge in [0, 0.05) is 7.11 Å². The van der Waals surface area contributed by atoms with E-state index in [-0.39, 0.29) is 18.1 Å². The zero-order valence-corrected chi connectivity index (χ0v) is 13.6. The van der Waals surface area contributed by atoms with Crippen LogP contribution in [-0.4, -0.2) is 25.0 Å². The maximum Gasteiger partial charge on any atom is 0.336 e. The van der Waals surface area contributed by atoms with Crippen molar-refractivity contribution >= 4 is 17.1 Å². The standard InChI is InChI=1S/C19H19FO4/c1-3-15(13-7-5-4-6-8-13)18(19(21)22)14-9-10-17(16(20)11-14)24-12-23-2/h4-11H,3,12H2,1-2H3,(H,21,22)/b18-15+. The van der Waals surface area contributed by atoms with Crippen LogP contribution >= 0.6 is 0 Å². The van der Waals surface area contributed by atoms with E-state index in [2.05, 4.69) is 0 Å². The van der Waals surface area contributed by atoms with Gasteiger partial charge in [-0.2, -0.15) is 0 Å². The molecule has 0 atom stereocenters. The molecule has 24 heavy (non-hydrogen) atoms. The number of methoxy groups -OCH3 is 1. The maximum atomic E-state index is 14.2. The third-order valence-corrected chi connectivity index (χ3v) is 3.54. The lowest BCUT2D eigenvalue weighted by molar-refractivity contribution is -0.130. The summed E-state index contributed by atoms with van der Waals surface area (Å²) in [7, 11) is 1.44. The lowest BCUT2D eigenvalue weighted by Crippen LogP contribution is -2.05. The Morgan fingerprint density at radius 2 is 1.83 bits per heavy atom. The van der Waals surface area contributed by atoms with Crippen molar-refractivity contribution in [2.24, 2.45) is 0 Å². The van der Waals surface area contributed by atoms with Crippen LogP contribution in [0.1, 0.15) is 24.5 Å². The first-order valence-corrected chi connectivity index (χ1v) is 7.52. The summed E-state index contributed by atoms with van der Waals surface area (Å²) in [5, 5.41) is 9.66. The van der Waals surface area contributed by atoms with Gasteiger partial charge in [0.1, 0.15) is 0 Å². The number of ether oxygens (including phenoxy) is 2. The average Bonchev–Trinajstić information content (AvgIpc) is 2.59. The number of benzene rings is 2. The molecular formula is C19H19FO4. The van der Waals surface area contributed by atoms with Crippen molar-refractivity contribution in [1.29, 1.82) is 0 Å². The van der Waals surface area contributed by atoms with Crippen molar-refractivity contribution in [3.8, 4) is 5.75 Å². The van der Waals surface area contributed by atoms with Crippen LogP contribution < -0.4 is 4.74 Å². The molecule has 0 aliphatic heterocycles. The normalized spacial score (nSPS) is 11.8. The van der Waals surface area contributed by atoms with Crippen molar-refractivity contribution in [2.45, 2.75) is 13.3 Å². The van der Waals surface area contributed by atoms with Crippen molar-refractivity contribution in [2.75, 3.05) is 13.9 Å². The summed E-state index contributed by atoms with van der Waals surface area (Å²) in [6, 6.07) is 13.3. The number of aliphatic carboxylic acids is 1. The largest absolute Gasteiger partial charge is 0.478 e. The number of hydrogen-bond donors (Lipinski definition) is 1. The SMILES string of the molecule is CC/C(=C(\C(=O)O)c1ccc(OCOC)c(F)c1)c1ccccc1. The lowest BCUT2D eigenvalue weighted by Gasteiger charge is -2.13. The van der Waals surface area contributed by atoms with Crippen LogP contribution in [0.3, 0.4) is 0 Å². The monoisotopic (exact) mass is 330 g/mol. The van der Waals surface area contributed by atoms with Gasteiger partial charge in [-0.1, -0.05) is 43.3 Å². The summed E-state index contributed by atoms with van der Waals surface area (Å²) >= 11 is 0. The molecule has 1 N–H and O–H groups in total. The second-order valence-electron chi connectivity index (χ2n) is 5.07. The molecule has 5 heteroatoms. The molecule has 0 unspecified atom stereocenters. The topological polar surface area (TPSA) is 55.8 Å². The van der Waals surface area contributed by atoms with Crippen LogP contribution in [0.25, 0.3) is 11.1 Å². The number of rotatable bonds is 7. The Morgan fingerprint density at radius 1 is 1.12 bits per heavy atom. The highest BCUT2D eigenvalue weighted by atomic mass is 19.1. The Balaban J connectivity index is 2.53. The Labute approximate surface area is 140 Å². The van der Waals surface area contributed by atoms with Gasteiger partial charge in [-0.15, -0.1) is 0 Å². The molecule has 2 rings (SSSR count). The molecule has 2 aromatic carbocycles. The van der Waals surface area contributed by atoms with E-state index in [1.807, 2.05) is 37.3 Å². The lowest BCUT2D eigenvalue weighted by atomic mass is 9.93. The molecule has 0 saturated heterocycles. The smallest absolute Gasteiger partial charge is 0.336 e. The molecule has 0 aromatic heterocycles. The second kappa shape index (κ2) is 8.26. The van der Waals surface area contributed by atoms with E-state index in [0.29, 0.717) is 17.6 Å². The van der Waals surface area contributed by atoms with Crippen LogP contribution in [0.2, 0.25) is 0 Å². The first kappa shape index (κ1) is 17.7. The summed E-state index contributed by atoms with van der Waals surface area (Å²) < 4.78 is 24.0. The van der Waals surface area contributed by atoms with E-state index in [1.54, 1.807) is 0 Å². The van der Waals surface area contributed by atoms with E-state index in [9.17, 15) is 14.3 Å². The van der Waals surface area contributed by atoms with Crippen molar-refractivity contribution < 1.29 is 23.8 Å². The number of allylic oxidation sites excluding steroid dienone is 1. The average molecular weight is 330 g/mol. The number of hydrogen-bond acceptors (Lipinski definition) is 3. The molecule has 2 aromatic rings. The molecule has 0 heterocycles. The summed E-state index contributed by atoms with van der Waals surface area (Å²) in [6.07, 6.45) is 0.509. The predicted octanol–water partition coefficient (Wildman–Crippen LogP) is 4.21. The highest BCUT2D eigenvalue weighted by Gasteiger charge is 2.19. The van der Waals surface area contributed by atoms with Gasteiger partial charge in [-0.3, -0.25) is 0 Å². The fourth-order valence-corrected chi connectivity index (χ4v) is 2.49. The third kappa shape index (κ3) is 4.00. The summed E-state index contributed by atoms with van der Waals surface area (Å²) in [5.41, 5.74) is 1.83. The quantitative estimate of drug-likeness (QED) is 0.469. The highest BCUT2D eigenvalue weighted by molar-refractivity contribution is 6.23. The summed E-state index contributed by atoms with van der Waals surface area (Å²) in [4.78, 5) is 11.8. The van der Waals surface area contributed by atoms with Crippen LogP contribution in [0.4, 0.5) is 4.39 Å². The van der Waals surface area contributed by atoms with E-state index in [0.717, 1.165) is 5.56 Å². The first-order valence-electron chi connectivity index (χ1n) is 7.52. The zero-order valence-electron chi connectivity index (χ0n) is 13.6. The molecule has 0 aliphatic carbocycles. The van der Waals surface area contributed by atoms with E-state index < -0.39 is 11.8 Å². The molecule has 0 fully saturated rings. The molecular weight excluding hydrogens is 311 g/mol. The second-order valence-corrected chi connectivity index (χ2v) is 5.07.